The molecule has 4 rings (SSSR count). The number of aromatic amines is 1. The van der Waals surface area contributed by atoms with Crippen LogP contribution in [0.3, 0.4) is 0 Å². The monoisotopic (exact) mass is 513 g/mol. The lowest BCUT2D eigenvalue weighted by Crippen LogP contribution is -2.37. The number of para-hydroxylation sites is 2. The third-order valence-electron chi connectivity index (χ3n) is 5.36. The van der Waals surface area contributed by atoms with Crippen LogP contribution in [0, 0.1) is 0 Å². The van der Waals surface area contributed by atoms with Crippen molar-refractivity contribution in [3.8, 4) is 0 Å². The molecule has 156 valence electrons. The van der Waals surface area contributed by atoms with Crippen LogP contribution in [0.5, 0.6) is 0 Å². The summed E-state index contributed by atoms with van der Waals surface area (Å²) in [6.07, 6.45) is 5.96. The Labute approximate surface area is 194 Å². The molecule has 0 radical (unpaired) electrons. The minimum Gasteiger partial charge on any atom is -0.361 e. The number of fused-ring (bicyclic) bond motifs is 2. The van der Waals surface area contributed by atoms with Crippen molar-refractivity contribution in [1.82, 2.24) is 20.6 Å². The Morgan fingerprint density at radius 3 is 2.63 bits per heavy atom. The summed E-state index contributed by atoms with van der Waals surface area (Å²) in [5.74, 6) is 0.806. The first-order valence-electron chi connectivity index (χ1n) is 10.1. The fraction of sp³-hybridized carbons (Fsp3) is 0.250. The maximum atomic E-state index is 4.43. The molecule has 0 bridgehead atoms. The summed E-state index contributed by atoms with van der Waals surface area (Å²) >= 11 is 0. The second kappa shape index (κ2) is 10.4. The molecule has 0 atom stereocenters. The lowest BCUT2D eigenvalue weighted by atomic mass is 10.1. The number of hydrogen-bond acceptors (Lipinski definition) is 2. The SMILES string of the molecule is CCc1cccc2c(CCNC(=NC)NCc3ccnc4ccccc34)c[nH]c12.I. The van der Waals surface area contributed by atoms with Crippen LogP contribution < -0.4 is 10.6 Å². The number of nitrogens with zero attached hydrogens (tertiary/aromatic N) is 2. The molecular weight excluding hydrogens is 485 g/mol. The van der Waals surface area contributed by atoms with Gasteiger partial charge in [-0.15, -0.1) is 24.0 Å². The molecule has 0 unspecified atom stereocenters. The van der Waals surface area contributed by atoms with Gasteiger partial charge in [-0.1, -0.05) is 43.3 Å². The van der Waals surface area contributed by atoms with Crippen molar-refractivity contribution < 1.29 is 0 Å². The van der Waals surface area contributed by atoms with Gasteiger partial charge in [0, 0.05) is 48.8 Å². The van der Waals surface area contributed by atoms with Gasteiger partial charge >= 0.3 is 0 Å². The van der Waals surface area contributed by atoms with E-state index in [9.17, 15) is 0 Å². The normalized spacial score (nSPS) is 11.5. The highest BCUT2D eigenvalue weighted by Crippen LogP contribution is 2.22. The van der Waals surface area contributed by atoms with Crippen LogP contribution in [0.2, 0.25) is 0 Å². The quantitative estimate of drug-likeness (QED) is 0.197. The van der Waals surface area contributed by atoms with Gasteiger partial charge in [0.2, 0.25) is 0 Å². The zero-order valence-electron chi connectivity index (χ0n) is 17.4. The molecule has 30 heavy (non-hydrogen) atoms. The lowest BCUT2D eigenvalue weighted by Gasteiger charge is -2.13. The topological polar surface area (TPSA) is 65.1 Å². The van der Waals surface area contributed by atoms with Gasteiger partial charge in [-0.05, 0) is 41.7 Å². The van der Waals surface area contributed by atoms with E-state index in [0.717, 1.165) is 30.9 Å². The van der Waals surface area contributed by atoms with Crippen LogP contribution in [0.4, 0.5) is 0 Å². The number of H-pyrrole nitrogens is 1. The lowest BCUT2D eigenvalue weighted by molar-refractivity contribution is 0.798. The Kier molecular flexibility index (Phi) is 7.68. The predicted molar refractivity (Wildman–Crippen MR) is 137 cm³/mol. The van der Waals surface area contributed by atoms with Crippen molar-refractivity contribution in [2.45, 2.75) is 26.3 Å². The summed E-state index contributed by atoms with van der Waals surface area (Å²) in [5.41, 5.74) is 6.18. The summed E-state index contributed by atoms with van der Waals surface area (Å²) in [4.78, 5) is 12.2. The van der Waals surface area contributed by atoms with Crippen LogP contribution in [0.15, 0.2) is 65.9 Å². The number of benzene rings is 2. The van der Waals surface area contributed by atoms with Gasteiger partial charge in [0.15, 0.2) is 5.96 Å². The van der Waals surface area contributed by atoms with E-state index in [0.29, 0.717) is 6.54 Å². The van der Waals surface area contributed by atoms with Crippen LogP contribution in [0.1, 0.15) is 23.6 Å². The number of guanidine groups is 1. The third-order valence-corrected chi connectivity index (χ3v) is 5.36. The third kappa shape index (κ3) is 4.75. The second-order valence-corrected chi connectivity index (χ2v) is 7.10. The fourth-order valence-corrected chi connectivity index (χ4v) is 3.80. The van der Waals surface area contributed by atoms with Crippen molar-refractivity contribution in [2.75, 3.05) is 13.6 Å². The summed E-state index contributed by atoms with van der Waals surface area (Å²) in [6.45, 7) is 3.72. The molecule has 0 aliphatic carbocycles. The highest BCUT2D eigenvalue weighted by Gasteiger charge is 2.07. The Balaban J connectivity index is 0.00000256. The Morgan fingerprint density at radius 1 is 0.967 bits per heavy atom. The first-order valence-corrected chi connectivity index (χ1v) is 10.1. The summed E-state index contributed by atoms with van der Waals surface area (Å²) in [5, 5.41) is 9.33. The first-order chi connectivity index (χ1) is 14.3. The molecular formula is C24H28IN5. The van der Waals surface area contributed by atoms with Crippen molar-refractivity contribution in [3.63, 3.8) is 0 Å². The molecule has 4 aromatic rings. The van der Waals surface area contributed by atoms with Gasteiger partial charge in [-0.25, -0.2) is 0 Å². The van der Waals surface area contributed by atoms with Gasteiger partial charge in [0.05, 0.1) is 5.52 Å². The highest BCUT2D eigenvalue weighted by molar-refractivity contribution is 14.0. The summed E-state index contributed by atoms with van der Waals surface area (Å²) in [7, 11) is 1.80. The van der Waals surface area contributed by atoms with Crippen molar-refractivity contribution in [1.29, 1.82) is 0 Å². The standard InChI is InChI=1S/C24H27N5.HI/c1-3-17-7-6-9-21-19(15-28-23(17)21)12-14-27-24(25-2)29-16-18-11-13-26-22-10-5-4-8-20(18)22;/h4-11,13,15,28H,3,12,14,16H2,1-2H3,(H2,25,27,29);1H. The molecule has 0 aliphatic heterocycles. The van der Waals surface area contributed by atoms with E-state index in [2.05, 4.69) is 69.0 Å². The van der Waals surface area contributed by atoms with E-state index in [4.69, 9.17) is 0 Å². The van der Waals surface area contributed by atoms with E-state index in [1.54, 1.807) is 7.05 Å². The van der Waals surface area contributed by atoms with Crippen LogP contribution >= 0.6 is 24.0 Å². The summed E-state index contributed by atoms with van der Waals surface area (Å²) < 4.78 is 0. The van der Waals surface area contributed by atoms with E-state index in [1.807, 2.05) is 24.4 Å². The van der Waals surface area contributed by atoms with Gasteiger partial charge in [-0.3, -0.25) is 9.98 Å². The minimum atomic E-state index is 0. The largest absolute Gasteiger partial charge is 0.361 e. The molecule has 0 saturated carbocycles. The number of halogens is 1. The van der Waals surface area contributed by atoms with E-state index in [1.165, 1.54) is 33.0 Å². The van der Waals surface area contributed by atoms with Gasteiger partial charge in [0.1, 0.15) is 0 Å². The van der Waals surface area contributed by atoms with Crippen molar-refractivity contribution in [2.24, 2.45) is 4.99 Å². The molecule has 0 amide bonds. The number of hydrogen-bond donors (Lipinski definition) is 3. The van der Waals surface area contributed by atoms with Crippen LogP contribution in [-0.4, -0.2) is 29.5 Å². The van der Waals surface area contributed by atoms with Crippen molar-refractivity contribution in [3.05, 3.63) is 77.6 Å². The fourth-order valence-electron chi connectivity index (χ4n) is 3.80. The number of aliphatic imine (C=N–C) groups is 1. The molecule has 2 aromatic carbocycles. The second-order valence-electron chi connectivity index (χ2n) is 7.10. The average molecular weight is 513 g/mol. The number of pyridine rings is 1. The summed E-state index contributed by atoms with van der Waals surface area (Å²) in [6, 6.07) is 16.8. The van der Waals surface area contributed by atoms with E-state index in [-0.39, 0.29) is 24.0 Å². The van der Waals surface area contributed by atoms with Gasteiger partial charge < -0.3 is 15.6 Å². The molecule has 0 saturated heterocycles. The number of aromatic nitrogens is 2. The molecule has 5 nitrogen and oxygen atoms in total. The molecule has 0 fully saturated rings. The Morgan fingerprint density at radius 2 is 1.80 bits per heavy atom. The highest BCUT2D eigenvalue weighted by atomic mass is 127. The van der Waals surface area contributed by atoms with Crippen molar-refractivity contribution >= 4 is 51.7 Å². The number of nitrogens with one attached hydrogen (secondary N) is 3. The van der Waals surface area contributed by atoms with Crippen LogP contribution in [-0.2, 0) is 19.4 Å². The van der Waals surface area contributed by atoms with Crippen LogP contribution in [0.25, 0.3) is 21.8 Å². The van der Waals surface area contributed by atoms with E-state index >= 15 is 0 Å². The maximum absolute atomic E-state index is 4.43. The van der Waals surface area contributed by atoms with E-state index < -0.39 is 0 Å². The molecule has 2 heterocycles. The average Bonchev–Trinajstić information content (AvgIpc) is 3.19. The Hall–Kier alpha value is -2.61. The zero-order chi connectivity index (χ0) is 20.1. The first kappa shape index (κ1) is 22.1. The number of rotatable bonds is 6. The molecule has 6 heteroatoms. The Bertz CT molecular complexity index is 1140. The molecule has 0 spiro atoms. The zero-order valence-corrected chi connectivity index (χ0v) is 19.7. The van der Waals surface area contributed by atoms with Gasteiger partial charge in [-0.2, -0.15) is 0 Å². The molecule has 0 aliphatic rings. The number of aryl methyl sites for hydroxylation is 1. The smallest absolute Gasteiger partial charge is 0.191 e. The molecule has 2 aromatic heterocycles. The molecule has 3 N–H and O–H groups in total. The maximum Gasteiger partial charge on any atom is 0.191 e. The predicted octanol–water partition coefficient (Wildman–Crippen LogP) is 4.80. The minimum absolute atomic E-state index is 0. The van der Waals surface area contributed by atoms with Gasteiger partial charge in [0.25, 0.3) is 0 Å².